The van der Waals surface area contributed by atoms with Crippen LogP contribution in [-0.2, 0) is 6.42 Å². The van der Waals surface area contributed by atoms with Crippen molar-refractivity contribution >= 4 is 11.5 Å². The summed E-state index contributed by atoms with van der Waals surface area (Å²) in [7, 11) is 0. The van der Waals surface area contributed by atoms with Crippen molar-refractivity contribution in [1.82, 2.24) is 14.9 Å². The molecule has 1 aromatic heterocycles. The van der Waals surface area contributed by atoms with Crippen molar-refractivity contribution in [2.24, 2.45) is 0 Å². The standard InChI is InChI=1S/C16H27N3S/c1-3-12-17-15(16-14(4-2)18-19-20-16)13-10-8-6-5-7-9-11-13/h10,15,17H,3-9,11-12H2,1-2H3. The molecule has 1 aromatic rings. The number of nitrogens with one attached hydrogen (secondary N) is 1. The van der Waals surface area contributed by atoms with Crippen molar-refractivity contribution in [2.75, 3.05) is 6.54 Å². The van der Waals surface area contributed by atoms with Crippen LogP contribution in [0.2, 0.25) is 0 Å². The Morgan fingerprint density at radius 3 is 2.90 bits per heavy atom. The number of allylic oxidation sites excluding steroid dienone is 1. The topological polar surface area (TPSA) is 37.8 Å². The van der Waals surface area contributed by atoms with Gasteiger partial charge in [-0.15, -0.1) is 5.10 Å². The van der Waals surface area contributed by atoms with Crippen molar-refractivity contribution < 1.29 is 0 Å². The average molecular weight is 293 g/mol. The first-order chi connectivity index (χ1) is 9.86. The molecule has 0 aliphatic heterocycles. The Bertz CT molecular complexity index is 425. The largest absolute Gasteiger partial charge is 0.306 e. The molecule has 0 fully saturated rings. The van der Waals surface area contributed by atoms with Crippen molar-refractivity contribution in [3.63, 3.8) is 0 Å². The molecule has 1 atom stereocenters. The minimum atomic E-state index is 0.350. The monoisotopic (exact) mass is 293 g/mol. The molecule has 112 valence electrons. The molecule has 1 aliphatic carbocycles. The zero-order chi connectivity index (χ0) is 14.2. The molecule has 1 heterocycles. The normalized spacial score (nSPS) is 18.2. The van der Waals surface area contributed by atoms with Gasteiger partial charge >= 0.3 is 0 Å². The van der Waals surface area contributed by atoms with Crippen molar-refractivity contribution in [3.05, 3.63) is 22.2 Å². The molecule has 4 heteroatoms. The second-order valence-corrected chi connectivity index (χ2v) is 6.34. The molecular formula is C16H27N3S. The van der Waals surface area contributed by atoms with Gasteiger partial charge in [0, 0.05) is 0 Å². The zero-order valence-corrected chi connectivity index (χ0v) is 13.6. The Labute approximate surface area is 127 Å². The van der Waals surface area contributed by atoms with E-state index in [4.69, 9.17) is 0 Å². The van der Waals surface area contributed by atoms with Crippen LogP contribution in [0.25, 0.3) is 0 Å². The van der Waals surface area contributed by atoms with Gasteiger partial charge in [-0.3, -0.25) is 0 Å². The molecule has 0 amide bonds. The van der Waals surface area contributed by atoms with Gasteiger partial charge < -0.3 is 5.32 Å². The van der Waals surface area contributed by atoms with Crippen molar-refractivity contribution in [2.45, 2.75) is 71.3 Å². The van der Waals surface area contributed by atoms with Crippen LogP contribution in [0.4, 0.5) is 0 Å². The third-order valence-corrected chi connectivity index (χ3v) is 4.81. The highest BCUT2D eigenvalue weighted by atomic mass is 32.1. The third-order valence-electron chi connectivity index (χ3n) is 3.98. The van der Waals surface area contributed by atoms with Crippen LogP contribution in [0.5, 0.6) is 0 Å². The summed E-state index contributed by atoms with van der Waals surface area (Å²) >= 11 is 1.57. The second-order valence-electron chi connectivity index (χ2n) is 5.56. The Balaban J connectivity index is 2.21. The van der Waals surface area contributed by atoms with Crippen molar-refractivity contribution in [3.8, 4) is 0 Å². The molecule has 0 aromatic carbocycles. The Morgan fingerprint density at radius 2 is 2.10 bits per heavy atom. The van der Waals surface area contributed by atoms with Gasteiger partial charge in [0.15, 0.2) is 0 Å². The first-order valence-corrected chi connectivity index (χ1v) is 8.87. The smallest absolute Gasteiger partial charge is 0.0804 e. The van der Waals surface area contributed by atoms with E-state index >= 15 is 0 Å². The number of hydrogen-bond donors (Lipinski definition) is 1. The van der Waals surface area contributed by atoms with E-state index < -0.39 is 0 Å². The summed E-state index contributed by atoms with van der Waals surface area (Å²) in [5, 5.41) is 8.03. The fraction of sp³-hybridized carbons (Fsp3) is 0.750. The second kappa shape index (κ2) is 8.53. The average Bonchev–Trinajstić information content (AvgIpc) is 2.89. The summed E-state index contributed by atoms with van der Waals surface area (Å²) < 4.78 is 4.18. The van der Waals surface area contributed by atoms with E-state index in [0.717, 1.165) is 19.4 Å². The van der Waals surface area contributed by atoms with Crippen LogP contribution in [0.15, 0.2) is 11.6 Å². The van der Waals surface area contributed by atoms with Crippen LogP contribution in [0, 0.1) is 0 Å². The first-order valence-electron chi connectivity index (χ1n) is 8.10. The van der Waals surface area contributed by atoms with Gasteiger partial charge in [-0.1, -0.05) is 42.8 Å². The quantitative estimate of drug-likeness (QED) is 0.789. The summed E-state index contributed by atoms with van der Waals surface area (Å²) in [6.07, 6.45) is 12.5. The van der Waals surface area contributed by atoms with Gasteiger partial charge in [-0.2, -0.15) is 0 Å². The molecular weight excluding hydrogens is 266 g/mol. The maximum Gasteiger partial charge on any atom is 0.0804 e. The van der Waals surface area contributed by atoms with Crippen molar-refractivity contribution in [1.29, 1.82) is 0 Å². The van der Waals surface area contributed by atoms with E-state index in [9.17, 15) is 0 Å². The van der Waals surface area contributed by atoms with Crippen LogP contribution >= 0.6 is 11.5 Å². The summed E-state index contributed by atoms with van der Waals surface area (Å²) in [5.74, 6) is 0. The van der Waals surface area contributed by atoms with Gasteiger partial charge in [0.1, 0.15) is 0 Å². The first kappa shape index (κ1) is 15.6. The van der Waals surface area contributed by atoms with Gasteiger partial charge in [0.25, 0.3) is 0 Å². The lowest BCUT2D eigenvalue weighted by Gasteiger charge is -2.23. The highest BCUT2D eigenvalue weighted by Gasteiger charge is 2.22. The van der Waals surface area contributed by atoms with E-state index in [1.807, 2.05) is 0 Å². The maximum absolute atomic E-state index is 4.30. The van der Waals surface area contributed by atoms with Crippen LogP contribution in [0.1, 0.15) is 75.4 Å². The maximum atomic E-state index is 4.30. The summed E-state index contributed by atoms with van der Waals surface area (Å²) in [6, 6.07) is 0.350. The molecule has 1 aliphatic rings. The predicted octanol–water partition coefficient (Wildman–Crippen LogP) is 4.42. The minimum Gasteiger partial charge on any atom is -0.306 e. The van der Waals surface area contributed by atoms with E-state index in [0.29, 0.717) is 6.04 Å². The third kappa shape index (κ3) is 4.13. The number of hydrogen-bond acceptors (Lipinski definition) is 4. The molecule has 0 spiro atoms. The Morgan fingerprint density at radius 1 is 1.25 bits per heavy atom. The number of aryl methyl sites for hydroxylation is 1. The number of nitrogens with zero attached hydrogens (tertiary/aromatic N) is 2. The van der Waals surface area contributed by atoms with E-state index in [-0.39, 0.29) is 0 Å². The zero-order valence-electron chi connectivity index (χ0n) is 12.8. The van der Waals surface area contributed by atoms with Gasteiger partial charge in [0.05, 0.1) is 16.6 Å². The Kier molecular flexibility index (Phi) is 6.67. The predicted molar refractivity (Wildman–Crippen MR) is 86.1 cm³/mol. The van der Waals surface area contributed by atoms with E-state index in [1.54, 1.807) is 17.1 Å². The molecule has 0 bridgehead atoms. The number of rotatable bonds is 6. The molecule has 20 heavy (non-hydrogen) atoms. The number of aromatic nitrogens is 2. The fourth-order valence-electron chi connectivity index (χ4n) is 2.84. The lowest BCUT2D eigenvalue weighted by atomic mass is 9.93. The van der Waals surface area contributed by atoms with E-state index in [2.05, 4.69) is 34.8 Å². The van der Waals surface area contributed by atoms with Crippen LogP contribution in [-0.4, -0.2) is 16.1 Å². The summed E-state index contributed by atoms with van der Waals surface area (Å²) in [6.45, 7) is 5.45. The highest BCUT2D eigenvalue weighted by molar-refractivity contribution is 7.05. The molecule has 1 N–H and O–H groups in total. The molecule has 0 radical (unpaired) electrons. The fourth-order valence-corrected chi connectivity index (χ4v) is 3.70. The van der Waals surface area contributed by atoms with Gasteiger partial charge in [-0.05, 0) is 56.6 Å². The molecule has 2 rings (SSSR count). The SMILES string of the molecule is CCCNC(C1=CCCCCCC1)c1snnc1CC. The van der Waals surface area contributed by atoms with Gasteiger partial charge in [0.2, 0.25) is 0 Å². The lowest BCUT2D eigenvalue weighted by molar-refractivity contribution is 0.542. The summed E-state index contributed by atoms with van der Waals surface area (Å²) in [4.78, 5) is 1.34. The highest BCUT2D eigenvalue weighted by Crippen LogP contribution is 2.32. The molecule has 3 nitrogen and oxygen atoms in total. The van der Waals surface area contributed by atoms with Gasteiger partial charge in [-0.25, -0.2) is 0 Å². The molecule has 0 saturated heterocycles. The molecule has 1 unspecified atom stereocenters. The van der Waals surface area contributed by atoms with Crippen LogP contribution < -0.4 is 5.32 Å². The summed E-state index contributed by atoms with van der Waals surface area (Å²) in [5.41, 5.74) is 2.74. The lowest BCUT2D eigenvalue weighted by Crippen LogP contribution is -2.24. The molecule has 0 saturated carbocycles. The van der Waals surface area contributed by atoms with Crippen LogP contribution in [0.3, 0.4) is 0 Å². The van der Waals surface area contributed by atoms with E-state index in [1.165, 1.54) is 49.1 Å². The minimum absolute atomic E-state index is 0.350. The Hall–Kier alpha value is -0.740.